The Hall–Kier alpha value is -3.02. The van der Waals surface area contributed by atoms with Crippen LogP contribution in [0.1, 0.15) is 30.1 Å². The first-order chi connectivity index (χ1) is 16.3. The summed E-state index contributed by atoms with van der Waals surface area (Å²) in [5.74, 6) is -0.628. The molecule has 34 heavy (non-hydrogen) atoms. The molecular formula is C23H25N3O6S2. The molecule has 0 bridgehead atoms. The van der Waals surface area contributed by atoms with Crippen molar-refractivity contribution in [2.75, 3.05) is 32.1 Å². The van der Waals surface area contributed by atoms with Gasteiger partial charge < -0.3 is 9.47 Å². The van der Waals surface area contributed by atoms with Crippen LogP contribution in [0.15, 0.2) is 47.4 Å². The Morgan fingerprint density at radius 2 is 1.97 bits per heavy atom. The number of esters is 1. The van der Waals surface area contributed by atoms with E-state index in [-0.39, 0.29) is 24.0 Å². The molecule has 1 amide bonds. The molecule has 4 rings (SSSR count). The smallest absolute Gasteiger partial charge is 0.310 e. The summed E-state index contributed by atoms with van der Waals surface area (Å²) in [4.78, 5) is 29.3. The molecule has 9 nitrogen and oxygen atoms in total. The fraction of sp³-hybridized carbons (Fsp3) is 0.348. The second-order valence-electron chi connectivity index (χ2n) is 7.76. The van der Waals surface area contributed by atoms with Crippen molar-refractivity contribution >= 4 is 48.6 Å². The Morgan fingerprint density at radius 3 is 2.68 bits per heavy atom. The number of methoxy groups -OCH3 is 1. The van der Waals surface area contributed by atoms with E-state index in [1.165, 1.54) is 39.9 Å². The van der Waals surface area contributed by atoms with Crippen molar-refractivity contribution in [3.8, 4) is 5.75 Å². The molecule has 0 radical (unpaired) electrons. The van der Waals surface area contributed by atoms with E-state index in [2.05, 4.69) is 10.3 Å². The number of thiazole rings is 1. The zero-order valence-corrected chi connectivity index (χ0v) is 20.4. The Kier molecular flexibility index (Phi) is 7.15. The van der Waals surface area contributed by atoms with Gasteiger partial charge in [-0.3, -0.25) is 14.9 Å². The summed E-state index contributed by atoms with van der Waals surface area (Å²) in [5.41, 5.74) is 0.961. The monoisotopic (exact) mass is 503 g/mol. The molecule has 1 unspecified atom stereocenters. The van der Waals surface area contributed by atoms with Gasteiger partial charge in [-0.25, -0.2) is 13.4 Å². The van der Waals surface area contributed by atoms with Crippen molar-refractivity contribution in [2.45, 2.75) is 24.7 Å². The van der Waals surface area contributed by atoms with Crippen molar-refractivity contribution in [1.82, 2.24) is 9.29 Å². The van der Waals surface area contributed by atoms with Gasteiger partial charge in [0.1, 0.15) is 11.3 Å². The number of rotatable bonds is 7. The minimum absolute atomic E-state index is 0.0679. The molecule has 0 aliphatic carbocycles. The molecular weight excluding hydrogens is 478 g/mol. The zero-order chi connectivity index (χ0) is 24.3. The molecule has 0 saturated carbocycles. The molecule has 180 valence electrons. The molecule has 1 N–H and O–H groups in total. The summed E-state index contributed by atoms with van der Waals surface area (Å²) in [5, 5.41) is 3.17. The molecule has 1 aromatic heterocycles. The number of nitrogens with zero attached hydrogens (tertiary/aromatic N) is 2. The number of anilines is 1. The minimum atomic E-state index is -3.80. The number of piperidine rings is 1. The highest BCUT2D eigenvalue weighted by molar-refractivity contribution is 7.89. The van der Waals surface area contributed by atoms with Crippen LogP contribution in [0.3, 0.4) is 0 Å². The number of hydrogen-bond acceptors (Lipinski definition) is 8. The maximum Gasteiger partial charge on any atom is 0.310 e. The molecule has 3 aromatic rings. The first-order valence-electron chi connectivity index (χ1n) is 10.8. The minimum Gasteiger partial charge on any atom is -0.494 e. The quantitative estimate of drug-likeness (QED) is 0.491. The number of ether oxygens (including phenoxy) is 2. The number of sulfonamides is 1. The van der Waals surface area contributed by atoms with E-state index < -0.39 is 21.8 Å². The van der Waals surface area contributed by atoms with Gasteiger partial charge in [-0.2, -0.15) is 4.31 Å². The maximum absolute atomic E-state index is 13.1. The molecule has 1 aliphatic rings. The van der Waals surface area contributed by atoms with Crippen LogP contribution in [0.2, 0.25) is 0 Å². The summed E-state index contributed by atoms with van der Waals surface area (Å²) >= 11 is 1.32. The Morgan fingerprint density at radius 1 is 1.21 bits per heavy atom. The number of nitrogens with one attached hydrogen (secondary N) is 1. The van der Waals surface area contributed by atoms with Gasteiger partial charge in [0.05, 0.1) is 29.2 Å². The van der Waals surface area contributed by atoms with Crippen molar-refractivity contribution in [3.63, 3.8) is 0 Å². The molecule has 11 heteroatoms. The van der Waals surface area contributed by atoms with Crippen molar-refractivity contribution < 1.29 is 27.5 Å². The van der Waals surface area contributed by atoms with E-state index in [1.54, 1.807) is 20.1 Å². The standard InChI is InChI=1S/C23H25N3O6S2/c1-3-32-22(28)16-6-5-13-26(14-16)34(29,30)17-11-9-15(10-12-17)21(27)25-23-24-20-18(31-2)7-4-8-19(20)33-23/h4,7-12,16H,3,5-6,13-14H2,1-2H3,(H,24,25,27). The number of fused-ring (bicyclic) bond motifs is 1. The van der Waals surface area contributed by atoms with Crippen molar-refractivity contribution in [1.29, 1.82) is 0 Å². The first kappa shape index (κ1) is 24.1. The van der Waals surface area contributed by atoms with E-state index in [0.717, 1.165) is 4.70 Å². The highest BCUT2D eigenvalue weighted by Crippen LogP contribution is 2.32. The molecule has 2 aromatic carbocycles. The van der Waals surface area contributed by atoms with E-state index in [1.807, 2.05) is 12.1 Å². The molecule has 1 saturated heterocycles. The summed E-state index contributed by atoms with van der Waals surface area (Å²) in [6, 6.07) is 11.3. The third-order valence-electron chi connectivity index (χ3n) is 5.58. The number of hydrogen-bond donors (Lipinski definition) is 1. The lowest BCUT2D eigenvalue weighted by atomic mass is 10.0. The Balaban J connectivity index is 1.47. The summed E-state index contributed by atoms with van der Waals surface area (Å²) < 4.78 is 38.7. The van der Waals surface area contributed by atoms with Gasteiger partial charge >= 0.3 is 5.97 Å². The lowest BCUT2D eigenvalue weighted by Gasteiger charge is -2.30. The lowest BCUT2D eigenvalue weighted by molar-refractivity contribution is -0.149. The fourth-order valence-corrected chi connectivity index (χ4v) is 6.25. The topological polar surface area (TPSA) is 115 Å². The second kappa shape index (κ2) is 10.1. The third kappa shape index (κ3) is 4.91. The van der Waals surface area contributed by atoms with Gasteiger partial charge in [-0.1, -0.05) is 17.4 Å². The SMILES string of the molecule is CCOC(=O)C1CCCN(S(=O)(=O)c2ccc(C(=O)Nc3nc4c(OC)cccc4s3)cc2)C1. The molecule has 2 heterocycles. The summed E-state index contributed by atoms with van der Waals surface area (Å²) in [7, 11) is -2.24. The fourth-order valence-electron chi connectivity index (χ4n) is 3.85. The van der Waals surface area contributed by atoms with Gasteiger partial charge in [0.15, 0.2) is 5.13 Å². The normalized spacial score (nSPS) is 16.8. The van der Waals surface area contributed by atoms with Gasteiger partial charge in [0.2, 0.25) is 10.0 Å². The number of amides is 1. The summed E-state index contributed by atoms with van der Waals surface area (Å²) in [6.07, 6.45) is 1.18. The van der Waals surface area contributed by atoms with Crippen LogP contribution in [0, 0.1) is 5.92 Å². The van der Waals surface area contributed by atoms with E-state index >= 15 is 0 Å². The van der Waals surface area contributed by atoms with Crippen LogP contribution in [0.4, 0.5) is 5.13 Å². The Bertz CT molecular complexity index is 1300. The second-order valence-corrected chi connectivity index (χ2v) is 10.7. The highest BCUT2D eigenvalue weighted by Gasteiger charge is 2.34. The molecule has 1 fully saturated rings. The zero-order valence-electron chi connectivity index (χ0n) is 18.8. The van der Waals surface area contributed by atoms with Crippen molar-refractivity contribution in [2.24, 2.45) is 5.92 Å². The van der Waals surface area contributed by atoms with Crippen LogP contribution in [0.5, 0.6) is 5.75 Å². The van der Waals surface area contributed by atoms with Gasteiger partial charge in [0.25, 0.3) is 5.91 Å². The van der Waals surface area contributed by atoms with E-state index in [9.17, 15) is 18.0 Å². The maximum atomic E-state index is 13.1. The van der Waals surface area contributed by atoms with Crippen LogP contribution < -0.4 is 10.1 Å². The molecule has 1 atom stereocenters. The van der Waals surface area contributed by atoms with Crippen LogP contribution >= 0.6 is 11.3 Å². The predicted molar refractivity (Wildman–Crippen MR) is 129 cm³/mol. The van der Waals surface area contributed by atoms with Crippen molar-refractivity contribution in [3.05, 3.63) is 48.0 Å². The van der Waals surface area contributed by atoms with Gasteiger partial charge in [0, 0.05) is 18.7 Å². The Labute approximate surface area is 201 Å². The number of carbonyl (C=O) groups is 2. The van der Waals surface area contributed by atoms with Gasteiger partial charge in [-0.05, 0) is 56.2 Å². The summed E-state index contributed by atoms with van der Waals surface area (Å²) in [6.45, 7) is 2.41. The largest absolute Gasteiger partial charge is 0.494 e. The van der Waals surface area contributed by atoms with E-state index in [0.29, 0.717) is 41.3 Å². The first-order valence-corrected chi connectivity index (χ1v) is 13.1. The van der Waals surface area contributed by atoms with Crippen LogP contribution in [0.25, 0.3) is 10.2 Å². The lowest BCUT2D eigenvalue weighted by Crippen LogP contribution is -2.42. The number of carbonyl (C=O) groups excluding carboxylic acids is 2. The third-order valence-corrected chi connectivity index (χ3v) is 8.40. The van der Waals surface area contributed by atoms with Gasteiger partial charge in [-0.15, -0.1) is 0 Å². The average molecular weight is 504 g/mol. The predicted octanol–water partition coefficient (Wildman–Crippen LogP) is 3.52. The van der Waals surface area contributed by atoms with Crippen LogP contribution in [-0.2, 0) is 19.6 Å². The number of para-hydroxylation sites is 1. The molecule has 1 aliphatic heterocycles. The average Bonchev–Trinajstić information content (AvgIpc) is 3.27. The van der Waals surface area contributed by atoms with Crippen LogP contribution in [-0.4, -0.2) is 56.4 Å². The number of benzene rings is 2. The number of aromatic nitrogens is 1. The molecule has 0 spiro atoms. The highest BCUT2D eigenvalue weighted by atomic mass is 32.2. The van der Waals surface area contributed by atoms with E-state index in [4.69, 9.17) is 9.47 Å².